The molecule has 0 radical (unpaired) electrons. The van der Waals surface area contributed by atoms with E-state index >= 15 is 0 Å². The van der Waals surface area contributed by atoms with E-state index < -0.39 is 0 Å². The molecule has 6 nitrogen and oxygen atoms in total. The fourth-order valence-electron chi connectivity index (χ4n) is 3.78. The number of para-hydroxylation sites is 1. The van der Waals surface area contributed by atoms with Gasteiger partial charge in [-0.2, -0.15) is 10.1 Å². The summed E-state index contributed by atoms with van der Waals surface area (Å²) >= 11 is 0. The first-order valence-corrected chi connectivity index (χ1v) is 10.8. The molecule has 0 aliphatic rings. The van der Waals surface area contributed by atoms with Crippen LogP contribution >= 0.6 is 0 Å². The van der Waals surface area contributed by atoms with Crippen molar-refractivity contribution in [3.63, 3.8) is 0 Å². The molecule has 0 aliphatic carbocycles. The van der Waals surface area contributed by atoms with Crippen molar-refractivity contribution in [2.45, 2.75) is 40.2 Å². The highest BCUT2D eigenvalue weighted by atomic mass is 19.1. The predicted octanol–water partition coefficient (Wildman–Crippen LogP) is 5.05. The van der Waals surface area contributed by atoms with Gasteiger partial charge in [0.05, 0.1) is 11.4 Å². The van der Waals surface area contributed by atoms with Crippen LogP contribution in [0.5, 0.6) is 0 Å². The van der Waals surface area contributed by atoms with Gasteiger partial charge in [-0.05, 0) is 64.5 Å². The van der Waals surface area contributed by atoms with Crippen molar-refractivity contribution in [2.24, 2.45) is 0 Å². The lowest BCUT2D eigenvalue weighted by atomic mass is 10.1. The zero-order valence-corrected chi connectivity index (χ0v) is 19.0. The van der Waals surface area contributed by atoms with Crippen LogP contribution in [-0.4, -0.2) is 38.4 Å². The van der Waals surface area contributed by atoms with Gasteiger partial charge in [0.15, 0.2) is 0 Å². The lowest BCUT2D eigenvalue weighted by Gasteiger charge is -2.16. The molecule has 0 atom stereocenters. The van der Waals surface area contributed by atoms with Gasteiger partial charge in [-0.3, -0.25) is 0 Å². The molecule has 4 rings (SSSR count). The van der Waals surface area contributed by atoms with E-state index in [-0.39, 0.29) is 5.82 Å². The number of rotatable bonds is 8. The number of nitrogens with zero attached hydrogens (tertiary/aromatic N) is 5. The first-order valence-electron chi connectivity index (χ1n) is 10.8. The van der Waals surface area contributed by atoms with E-state index in [1.54, 1.807) is 19.1 Å². The minimum atomic E-state index is -0.267. The standard InChI is InChI=1S/C25H28FN5O/c1-17-12-13-20(15-23(17)26)25-27-24(32-29-25)11-8-14-30(4)16-22-18(2)28-31(19(22)3)21-9-6-5-7-10-21/h5-7,9-10,12-13,15H,8,11,14,16H2,1-4H3. The number of benzene rings is 2. The number of hydrogen-bond acceptors (Lipinski definition) is 5. The van der Waals surface area contributed by atoms with Gasteiger partial charge in [-0.25, -0.2) is 9.07 Å². The van der Waals surface area contributed by atoms with Crippen molar-refractivity contribution in [2.75, 3.05) is 13.6 Å². The Labute approximate surface area is 187 Å². The number of aryl methyl sites for hydroxylation is 3. The summed E-state index contributed by atoms with van der Waals surface area (Å²) < 4.78 is 21.2. The number of aromatic nitrogens is 4. The van der Waals surface area contributed by atoms with Crippen LogP contribution in [0.15, 0.2) is 53.1 Å². The minimum Gasteiger partial charge on any atom is -0.339 e. The van der Waals surface area contributed by atoms with Crippen LogP contribution in [0.25, 0.3) is 17.1 Å². The zero-order valence-electron chi connectivity index (χ0n) is 19.0. The van der Waals surface area contributed by atoms with Gasteiger partial charge in [0, 0.05) is 29.8 Å². The maximum absolute atomic E-state index is 13.8. The van der Waals surface area contributed by atoms with Crippen molar-refractivity contribution in [1.82, 2.24) is 24.8 Å². The van der Waals surface area contributed by atoms with Crippen LogP contribution < -0.4 is 0 Å². The SMILES string of the molecule is Cc1ccc(-c2noc(CCCN(C)Cc3c(C)nn(-c4ccccc4)c3C)n2)cc1F. The molecular weight excluding hydrogens is 405 g/mol. The first kappa shape index (κ1) is 21.9. The zero-order chi connectivity index (χ0) is 22.7. The molecule has 0 amide bonds. The molecule has 0 fully saturated rings. The molecule has 0 unspecified atom stereocenters. The number of halogens is 1. The summed E-state index contributed by atoms with van der Waals surface area (Å²) in [5, 5.41) is 8.73. The second-order valence-electron chi connectivity index (χ2n) is 8.21. The van der Waals surface area contributed by atoms with Gasteiger partial charge < -0.3 is 9.42 Å². The van der Waals surface area contributed by atoms with E-state index in [9.17, 15) is 4.39 Å². The Morgan fingerprint density at radius 1 is 1.06 bits per heavy atom. The van der Waals surface area contributed by atoms with E-state index in [4.69, 9.17) is 9.62 Å². The summed E-state index contributed by atoms with van der Waals surface area (Å²) in [6.45, 7) is 7.61. The first-order chi connectivity index (χ1) is 15.4. The predicted molar refractivity (Wildman–Crippen MR) is 122 cm³/mol. The summed E-state index contributed by atoms with van der Waals surface area (Å²) in [7, 11) is 2.10. The van der Waals surface area contributed by atoms with E-state index in [2.05, 4.69) is 48.1 Å². The van der Waals surface area contributed by atoms with Crippen LogP contribution in [0.4, 0.5) is 4.39 Å². The maximum atomic E-state index is 13.8. The Kier molecular flexibility index (Phi) is 6.46. The fourth-order valence-corrected chi connectivity index (χ4v) is 3.78. The largest absolute Gasteiger partial charge is 0.339 e. The summed E-state index contributed by atoms with van der Waals surface area (Å²) in [5.41, 5.74) is 5.75. The highest BCUT2D eigenvalue weighted by Crippen LogP contribution is 2.21. The van der Waals surface area contributed by atoms with E-state index in [1.165, 1.54) is 11.6 Å². The quantitative estimate of drug-likeness (QED) is 0.389. The lowest BCUT2D eigenvalue weighted by molar-refractivity contribution is 0.309. The highest BCUT2D eigenvalue weighted by Gasteiger charge is 2.15. The van der Waals surface area contributed by atoms with Gasteiger partial charge in [-0.15, -0.1) is 0 Å². The molecule has 0 bridgehead atoms. The Morgan fingerprint density at radius 2 is 1.84 bits per heavy atom. The van der Waals surface area contributed by atoms with Crippen molar-refractivity contribution < 1.29 is 8.91 Å². The van der Waals surface area contributed by atoms with Crippen LogP contribution in [-0.2, 0) is 13.0 Å². The van der Waals surface area contributed by atoms with Gasteiger partial charge in [0.25, 0.3) is 0 Å². The molecule has 0 N–H and O–H groups in total. The van der Waals surface area contributed by atoms with Crippen LogP contribution in [0.3, 0.4) is 0 Å². The Hall–Kier alpha value is -3.32. The topological polar surface area (TPSA) is 60.0 Å². The number of hydrogen-bond donors (Lipinski definition) is 0. The van der Waals surface area contributed by atoms with Gasteiger partial charge in [-0.1, -0.05) is 35.5 Å². The second kappa shape index (κ2) is 9.44. The lowest BCUT2D eigenvalue weighted by Crippen LogP contribution is -2.20. The molecule has 2 aromatic heterocycles. The Bertz CT molecular complexity index is 1200. The normalized spacial score (nSPS) is 11.4. The second-order valence-corrected chi connectivity index (χ2v) is 8.21. The van der Waals surface area contributed by atoms with Crippen LogP contribution in [0, 0.1) is 26.6 Å². The third-order valence-electron chi connectivity index (χ3n) is 5.70. The van der Waals surface area contributed by atoms with Crippen LogP contribution in [0.2, 0.25) is 0 Å². The average Bonchev–Trinajstić information content (AvgIpc) is 3.36. The summed E-state index contributed by atoms with van der Waals surface area (Å²) in [6.07, 6.45) is 1.55. The maximum Gasteiger partial charge on any atom is 0.227 e. The highest BCUT2D eigenvalue weighted by molar-refractivity contribution is 5.54. The molecule has 4 aromatic rings. The van der Waals surface area contributed by atoms with Crippen LogP contribution in [0.1, 0.15) is 34.8 Å². The molecule has 2 aromatic carbocycles. The third-order valence-corrected chi connectivity index (χ3v) is 5.70. The minimum absolute atomic E-state index is 0.267. The molecular formula is C25H28FN5O. The molecule has 0 saturated heterocycles. The van der Waals surface area contributed by atoms with Crippen molar-refractivity contribution in [3.8, 4) is 17.1 Å². The van der Waals surface area contributed by atoms with Crippen molar-refractivity contribution in [1.29, 1.82) is 0 Å². The fraction of sp³-hybridized carbons (Fsp3) is 0.320. The molecule has 2 heterocycles. The van der Waals surface area contributed by atoms with Gasteiger partial charge in [0.1, 0.15) is 5.82 Å². The molecule has 7 heteroatoms. The van der Waals surface area contributed by atoms with Crippen molar-refractivity contribution in [3.05, 3.63) is 82.8 Å². The summed E-state index contributed by atoms with van der Waals surface area (Å²) in [4.78, 5) is 6.70. The Morgan fingerprint density at radius 3 is 2.59 bits per heavy atom. The van der Waals surface area contributed by atoms with E-state index in [0.717, 1.165) is 36.6 Å². The summed E-state index contributed by atoms with van der Waals surface area (Å²) in [5.74, 6) is 0.724. The van der Waals surface area contributed by atoms with E-state index in [0.29, 0.717) is 29.3 Å². The van der Waals surface area contributed by atoms with Gasteiger partial charge in [0.2, 0.25) is 11.7 Å². The van der Waals surface area contributed by atoms with Crippen molar-refractivity contribution >= 4 is 0 Å². The van der Waals surface area contributed by atoms with Gasteiger partial charge >= 0.3 is 0 Å². The molecule has 0 spiro atoms. The third kappa shape index (κ3) is 4.78. The molecule has 0 aliphatic heterocycles. The molecule has 32 heavy (non-hydrogen) atoms. The Balaban J connectivity index is 1.33. The monoisotopic (exact) mass is 433 g/mol. The molecule has 166 valence electrons. The smallest absolute Gasteiger partial charge is 0.227 e. The van der Waals surface area contributed by atoms with E-state index in [1.807, 2.05) is 22.9 Å². The summed E-state index contributed by atoms with van der Waals surface area (Å²) in [6, 6.07) is 15.2. The average molecular weight is 434 g/mol. The molecule has 0 saturated carbocycles.